The van der Waals surface area contributed by atoms with Gasteiger partial charge in [0.2, 0.25) is 0 Å². The number of benzene rings is 1. The van der Waals surface area contributed by atoms with Crippen LogP contribution in [-0.2, 0) is 11.0 Å². The topological polar surface area (TPSA) is 55.6 Å². The number of nitrogen functional groups attached to an aromatic ring is 1. The van der Waals surface area contributed by atoms with Crippen LogP contribution in [0.15, 0.2) is 18.2 Å². The smallest absolute Gasteiger partial charge is 0.420 e. The molecule has 0 saturated carbocycles. The van der Waals surface area contributed by atoms with Crippen LogP contribution in [0.3, 0.4) is 0 Å². The van der Waals surface area contributed by atoms with Crippen molar-refractivity contribution in [3.05, 3.63) is 23.8 Å². The zero-order chi connectivity index (χ0) is 15.3. The molecule has 1 amide bonds. The normalized spacial score (nSPS) is 11.2. The number of amides is 1. The zero-order valence-corrected chi connectivity index (χ0v) is 11.3. The minimum absolute atomic E-state index is 0.0141. The van der Waals surface area contributed by atoms with E-state index < -0.39 is 24.1 Å². The quantitative estimate of drug-likeness (QED) is 0.848. The Morgan fingerprint density at radius 2 is 1.90 bits per heavy atom. The van der Waals surface area contributed by atoms with Crippen molar-refractivity contribution < 1.29 is 22.7 Å². The molecule has 0 aliphatic carbocycles. The summed E-state index contributed by atoms with van der Waals surface area (Å²) in [5.41, 5.74) is 4.34. The Kier molecular flexibility index (Phi) is 5.24. The number of carbonyl (C=O) groups is 1. The van der Waals surface area contributed by atoms with Crippen molar-refractivity contribution >= 4 is 11.6 Å². The summed E-state index contributed by atoms with van der Waals surface area (Å²) < 4.78 is 43.4. The average Bonchev–Trinajstić information content (AvgIpc) is 2.37. The van der Waals surface area contributed by atoms with Gasteiger partial charge in [-0.25, -0.2) is 0 Å². The molecule has 0 aromatic heterocycles. The first-order valence-electron chi connectivity index (χ1n) is 6.16. The Labute approximate surface area is 115 Å². The van der Waals surface area contributed by atoms with E-state index in [4.69, 9.17) is 10.5 Å². The maximum atomic E-state index is 12.8. The van der Waals surface area contributed by atoms with Gasteiger partial charge in [-0.1, -0.05) is 0 Å². The Balaban J connectivity index is 2.86. The molecule has 2 N–H and O–H groups in total. The van der Waals surface area contributed by atoms with Crippen LogP contribution in [0.2, 0.25) is 0 Å². The van der Waals surface area contributed by atoms with Crippen molar-refractivity contribution in [2.45, 2.75) is 20.0 Å². The van der Waals surface area contributed by atoms with Crippen LogP contribution >= 0.6 is 0 Å². The highest BCUT2D eigenvalue weighted by Crippen LogP contribution is 2.37. The highest BCUT2D eigenvalue weighted by Gasteiger charge is 2.34. The number of nitrogens with zero attached hydrogens (tertiary/aromatic N) is 1. The van der Waals surface area contributed by atoms with Crippen LogP contribution in [0.4, 0.5) is 18.9 Å². The van der Waals surface area contributed by atoms with E-state index in [1.54, 1.807) is 13.8 Å². The van der Waals surface area contributed by atoms with E-state index in [1.165, 1.54) is 11.0 Å². The maximum Gasteiger partial charge on any atom is 0.420 e. The van der Waals surface area contributed by atoms with Crippen molar-refractivity contribution in [3.63, 3.8) is 0 Å². The molecule has 1 rings (SSSR count). The Bertz CT molecular complexity index is 471. The number of carbonyl (C=O) groups excluding carboxylic acids is 1. The van der Waals surface area contributed by atoms with E-state index in [-0.39, 0.29) is 11.6 Å². The van der Waals surface area contributed by atoms with E-state index in [0.717, 1.165) is 12.1 Å². The molecule has 112 valence electrons. The van der Waals surface area contributed by atoms with E-state index in [9.17, 15) is 18.0 Å². The lowest BCUT2D eigenvalue weighted by atomic mass is 10.1. The van der Waals surface area contributed by atoms with Gasteiger partial charge >= 0.3 is 6.18 Å². The molecule has 20 heavy (non-hydrogen) atoms. The fraction of sp³-hybridized carbons (Fsp3) is 0.462. The number of likely N-dealkylation sites (N-methyl/N-ethyl adjacent to an activating group) is 1. The summed E-state index contributed by atoms with van der Waals surface area (Å²) in [6, 6.07) is 3.21. The number of hydrogen-bond acceptors (Lipinski definition) is 3. The molecular formula is C13H17F3N2O2. The molecule has 7 heteroatoms. The SMILES string of the molecule is CCN(CC)C(=O)COc1ccc(N)cc1C(F)(F)F. The van der Waals surface area contributed by atoms with Crippen LogP contribution in [0.25, 0.3) is 0 Å². The molecule has 0 unspecified atom stereocenters. The summed E-state index contributed by atoms with van der Waals surface area (Å²) >= 11 is 0. The molecule has 0 atom stereocenters. The van der Waals surface area contributed by atoms with Gasteiger partial charge in [0.05, 0.1) is 5.56 Å². The highest BCUT2D eigenvalue weighted by molar-refractivity contribution is 5.77. The van der Waals surface area contributed by atoms with Crippen molar-refractivity contribution in [1.82, 2.24) is 4.90 Å². The number of anilines is 1. The van der Waals surface area contributed by atoms with Gasteiger partial charge in [0.25, 0.3) is 5.91 Å². The molecular weight excluding hydrogens is 273 g/mol. The second-order valence-corrected chi connectivity index (χ2v) is 4.11. The lowest BCUT2D eigenvalue weighted by Gasteiger charge is -2.20. The van der Waals surface area contributed by atoms with Crippen molar-refractivity contribution in [1.29, 1.82) is 0 Å². The molecule has 0 aliphatic rings. The van der Waals surface area contributed by atoms with Gasteiger partial charge in [0.15, 0.2) is 6.61 Å². The summed E-state index contributed by atoms with van der Waals surface area (Å²) in [6.07, 6.45) is -4.58. The summed E-state index contributed by atoms with van der Waals surface area (Å²) in [5.74, 6) is -0.757. The summed E-state index contributed by atoms with van der Waals surface area (Å²) in [5, 5.41) is 0. The van der Waals surface area contributed by atoms with Crippen LogP contribution in [0.1, 0.15) is 19.4 Å². The third-order valence-electron chi connectivity index (χ3n) is 2.78. The van der Waals surface area contributed by atoms with Crippen molar-refractivity contribution in [3.8, 4) is 5.75 Å². The predicted molar refractivity (Wildman–Crippen MR) is 69.3 cm³/mol. The minimum Gasteiger partial charge on any atom is -0.483 e. The van der Waals surface area contributed by atoms with Crippen molar-refractivity contribution in [2.75, 3.05) is 25.4 Å². The van der Waals surface area contributed by atoms with Gasteiger partial charge in [-0.3, -0.25) is 4.79 Å². The van der Waals surface area contributed by atoms with Crippen molar-refractivity contribution in [2.24, 2.45) is 0 Å². The second kappa shape index (κ2) is 6.49. The second-order valence-electron chi connectivity index (χ2n) is 4.11. The third kappa shape index (κ3) is 4.04. The Morgan fingerprint density at radius 3 is 2.40 bits per heavy atom. The van der Waals surface area contributed by atoms with Gasteiger partial charge < -0.3 is 15.4 Å². The average molecular weight is 290 g/mol. The largest absolute Gasteiger partial charge is 0.483 e. The molecule has 1 aromatic carbocycles. The van der Waals surface area contributed by atoms with Gasteiger partial charge in [-0.05, 0) is 32.0 Å². The monoisotopic (exact) mass is 290 g/mol. The van der Waals surface area contributed by atoms with E-state index in [0.29, 0.717) is 13.1 Å². The van der Waals surface area contributed by atoms with Crippen LogP contribution < -0.4 is 10.5 Å². The molecule has 0 spiro atoms. The first kappa shape index (κ1) is 16.1. The van der Waals surface area contributed by atoms with E-state index in [2.05, 4.69) is 0 Å². The van der Waals surface area contributed by atoms with Crippen LogP contribution in [-0.4, -0.2) is 30.5 Å². The Hall–Kier alpha value is -1.92. The molecule has 0 radical (unpaired) electrons. The first-order valence-corrected chi connectivity index (χ1v) is 6.16. The number of ether oxygens (including phenoxy) is 1. The molecule has 0 aliphatic heterocycles. The number of hydrogen-bond donors (Lipinski definition) is 1. The highest BCUT2D eigenvalue weighted by atomic mass is 19.4. The summed E-state index contributed by atoms with van der Waals surface area (Å²) in [4.78, 5) is 13.2. The third-order valence-corrected chi connectivity index (χ3v) is 2.78. The van der Waals surface area contributed by atoms with Crippen LogP contribution in [0.5, 0.6) is 5.75 Å². The molecule has 1 aromatic rings. The Morgan fingerprint density at radius 1 is 1.30 bits per heavy atom. The molecule has 0 saturated heterocycles. The van der Waals surface area contributed by atoms with Gasteiger partial charge in [-0.15, -0.1) is 0 Å². The zero-order valence-electron chi connectivity index (χ0n) is 11.3. The molecule has 0 bridgehead atoms. The number of halogens is 3. The van der Waals surface area contributed by atoms with E-state index >= 15 is 0 Å². The lowest BCUT2D eigenvalue weighted by molar-refractivity contribution is -0.140. The number of alkyl halides is 3. The van der Waals surface area contributed by atoms with Gasteiger partial charge in [-0.2, -0.15) is 13.2 Å². The maximum absolute atomic E-state index is 12.8. The standard InChI is InChI=1S/C13H17F3N2O2/c1-3-18(4-2)12(19)8-20-11-6-5-9(17)7-10(11)13(14,15)16/h5-7H,3-4,8,17H2,1-2H3. The van der Waals surface area contributed by atoms with Gasteiger partial charge in [0.1, 0.15) is 5.75 Å². The summed E-state index contributed by atoms with van der Waals surface area (Å²) in [6.45, 7) is 4.09. The summed E-state index contributed by atoms with van der Waals surface area (Å²) in [7, 11) is 0. The fourth-order valence-corrected chi connectivity index (χ4v) is 1.70. The molecule has 0 heterocycles. The molecule has 4 nitrogen and oxygen atoms in total. The first-order chi connectivity index (χ1) is 9.29. The number of rotatable bonds is 5. The molecule has 0 fully saturated rings. The van der Waals surface area contributed by atoms with Gasteiger partial charge in [0, 0.05) is 18.8 Å². The fourth-order valence-electron chi connectivity index (χ4n) is 1.70. The predicted octanol–water partition coefficient (Wildman–Crippen LogP) is 2.53. The lowest BCUT2D eigenvalue weighted by Crippen LogP contribution is -2.34. The van der Waals surface area contributed by atoms with E-state index in [1.807, 2.05) is 0 Å². The minimum atomic E-state index is -4.58. The van der Waals surface area contributed by atoms with Crippen LogP contribution in [0, 0.1) is 0 Å². The number of nitrogens with two attached hydrogens (primary N) is 1.